The number of nitrogens with zero attached hydrogens (tertiary/aromatic N) is 1. The fourth-order valence-electron chi connectivity index (χ4n) is 2.21. The fourth-order valence-corrected chi connectivity index (χ4v) is 2.44. The Bertz CT molecular complexity index is 581. The van der Waals surface area contributed by atoms with E-state index in [0.29, 0.717) is 0 Å². The topological polar surface area (TPSA) is 34.1 Å². The lowest BCUT2D eigenvalue weighted by molar-refractivity contribution is 0.476. The molecule has 0 fully saturated rings. The summed E-state index contributed by atoms with van der Waals surface area (Å²) in [7, 11) is 0. The summed E-state index contributed by atoms with van der Waals surface area (Å²) in [5.41, 5.74) is 3.80. The molecule has 2 heterocycles. The van der Waals surface area contributed by atoms with Crippen molar-refractivity contribution in [2.45, 2.75) is 13.3 Å². The molecule has 0 atom stereocenters. The minimum Gasteiger partial charge on any atom is -0.455 e. The molecule has 2 aromatic rings. The summed E-state index contributed by atoms with van der Waals surface area (Å²) in [6.07, 6.45) is 2.78. The maximum atomic E-state index is 5.88. The maximum Gasteiger partial charge on any atom is 0.145 e. The molecule has 0 saturated carbocycles. The Morgan fingerprint density at radius 1 is 1.28 bits per heavy atom. The Labute approximate surface area is 114 Å². The van der Waals surface area contributed by atoms with Crippen molar-refractivity contribution in [3.63, 3.8) is 0 Å². The normalized spacial score (nSPS) is 13.0. The molecule has 0 amide bonds. The average Bonchev–Trinajstić information content (AvgIpc) is 2.84. The van der Waals surface area contributed by atoms with Gasteiger partial charge in [-0.2, -0.15) is 0 Å². The summed E-state index contributed by atoms with van der Waals surface area (Å²) >= 11 is 3.31. The maximum absolute atomic E-state index is 5.88. The van der Waals surface area contributed by atoms with E-state index in [1.807, 2.05) is 18.2 Å². The van der Waals surface area contributed by atoms with Crippen LogP contribution in [0.2, 0.25) is 0 Å². The van der Waals surface area contributed by atoms with Gasteiger partial charge in [-0.05, 0) is 64.7 Å². The Balaban J connectivity index is 1.91. The quantitative estimate of drug-likeness (QED) is 0.854. The van der Waals surface area contributed by atoms with Gasteiger partial charge in [-0.3, -0.25) is 0 Å². The SMILES string of the molecule is Cc1c(Oc2ccc(Br)nc2)ccc2c1CCN2. The highest BCUT2D eigenvalue weighted by Gasteiger charge is 2.15. The van der Waals surface area contributed by atoms with E-state index in [4.69, 9.17) is 4.74 Å². The van der Waals surface area contributed by atoms with E-state index in [2.05, 4.69) is 39.2 Å². The van der Waals surface area contributed by atoms with Crippen LogP contribution in [0.25, 0.3) is 0 Å². The molecule has 0 radical (unpaired) electrons. The number of pyridine rings is 1. The van der Waals surface area contributed by atoms with Crippen LogP contribution in [0.1, 0.15) is 11.1 Å². The summed E-state index contributed by atoms with van der Waals surface area (Å²) in [6.45, 7) is 3.12. The van der Waals surface area contributed by atoms with E-state index < -0.39 is 0 Å². The number of aromatic nitrogens is 1. The minimum absolute atomic E-state index is 0.757. The van der Waals surface area contributed by atoms with Crippen molar-refractivity contribution < 1.29 is 4.74 Å². The molecule has 1 N–H and O–H groups in total. The molecule has 92 valence electrons. The van der Waals surface area contributed by atoms with Gasteiger partial charge in [0, 0.05) is 12.2 Å². The second-order valence-corrected chi connectivity index (χ2v) is 5.12. The first-order chi connectivity index (χ1) is 8.74. The van der Waals surface area contributed by atoms with E-state index in [-0.39, 0.29) is 0 Å². The van der Waals surface area contributed by atoms with Gasteiger partial charge in [-0.15, -0.1) is 0 Å². The third kappa shape index (κ3) is 2.08. The zero-order chi connectivity index (χ0) is 12.5. The van der Waals surface area contributed by atoms with Gasteiger partial charge in [0.25, 0.3) is 0 Å². The van der Waals surface area contributed by atoms with Gasteiger partial charge in [-0.1, -0.05) is 0 Å². The van der Waals surface area contributed by atoms with Crippen molar-refractivity contribution in [2.75, 3.05) is 11.9 Å². The number of hydrogen-bond donors (Lipinski definition) is 1. The molecule has 0 saturated heterocycles. The van der Waals surface area contributed by atoms with Crippen molar-refractivity contribution in [2.24, 2.45) is 0 Å². The molecule has 3 nitrogen and oxygen atoms in total. The van der Waals surface area contributed by atoms with Crippen LogP contribution in [-0.2, 0) is 6.42 Å². The number of nitrogens with one attached hydrogen (secondary N) is 1. The number of anilines is 1. The molecular weight excluding hydrogens is 292 g/mol. The smallest absolute Gasteiger partial charge is 0.145 e. The van der Waals surface area contributed by atoms with Crippen LogP contribution < -0.4 is 10.1 Å². The second-order valence-electron chi connectivity index (χ2n) is 4.31. The van der Waals surface area contributed by atoms with E-state index in [9.17, 15) is 0 Å². The minimum atomic E-state index is 0.757. The molecule has 18 heavy (non-hydrogen) atoms. The van der Waals surface area contributed by atoms with Crippen molar-refractivity contribution in [3.05, 3.63) is 46.2 Å². The van der Waals surface area contributed by atoms with Crippen LogP contribution in [0.5, 0.6) is 11.5 Å². The van der Waals surface area contributed by atoms with Gasteiger partial charge in [-0.25, -0.2) is 4.98 Å². The van der Waals surface area contributed by atoms with Crippen LogP contribution >= 0.6 is 15.9 Å². The van der Waals surface area contributed by atoms with Crippen LogP contribution in [0.15, 0.2) is 35.1 Å². The number of rotatable bonds is 2. The average molecular weight is 305 g/mol. The first kappa shape index (κ1) is 11.5. The first-order valence-corrected chi connectivity index (χ1v) is 6.69. The van der Waals surface area contributed by atoms with E-state index in [1.54, 1.807) is 6.20 Å². The third-order valence-corrected chi connectivity index (χ3v) is 3.64. The predicted octanol–water partition coefficient (Wildman–Crippen LogP) is 3.91. The molecular formula is C14H13BrN2O. The number of halogens is 1. The molecule has 0 bridgehead atoms. The van der Waals surface area contributed by atoms with Crippen LogP contribution in [0, 0.1) is 6.92 Å². The lowest BCUT2D eigenvalue weighted by Gasteiger charge is -2.11. The third-order valence-electron chi connectivity index (χ3n) is 3.17. The summed E-state index contributed by atoms with van der Waals surface area (Å²) < 4.78 is 6.69. The Hall–Kier alpha value is -1.55. The van der Waals surface area contributed by atoms with E-state index in [0.717, 1.165) is 29.1 Å². The number of benzene rings is 1. The highest BCUT2D eigenvalue weighted by Crippen LogP contribution is 2.34. The lowest BCUT2D eigenvalue weighted by Crippen LogP contribution is -1.92. The first-order valence-electron chi connectivity index (χ1n) is 5.90. The van der Waals surface area contributed by atoms with Crippen molar-refractivity contribution >= 4 is 21.6 Å². The zero-order valence-corrected chi connectivity index (χ0v) is 11.6. The largest absolute Gasteiger partial charge is 0.455 e. The standard InChI is InChI=1S/C14H13BrN2O/c1-9-11-6-7-16-12(11)3-4-13(9)18-10-2-5-14(15)17-8-10/h2-5,8,16H,6-7H2,1H3. The summed E-state index contributed by atoms with van der Waals surface area (Å²) in [5.74, 6) is 1.66. The number of hydrogen-bond acceptors (Lipinski definition) is 3. The van der Waals surface area contributed by atoms with E-state index >= 15 is 0 Å². The lowest BCUT2D eigenvalue weighted by atomic mass is 10.1. The second kappa shape index (κ2) is 4.61. The van der Waals surface area contributed by atoms with Gasteiger partial charge in [0.1, 0.15) is 16.1 Å². The van der Waals surface area contributed by atoms with Crippen molar-refractivity contribution in [1.29, 1.82) is 0 Å². The van der Waals surface area contributed by atoms with Gasteiger partial charge in [0.2, 0.25) is 0 Å². The van der Waals surface area contributed by atoms with Gasteiger partial charge in [0.15, 0.2) is 0 Å². The predicted molar refractivity (Wildman–Crippen MR) is 75.4 cm³/mol. The summed E-state index contributed by atoms with van der Waals surface area (Å²) in [5, 5.41) is 3.37. The molecule has 0 unspecified atom stereocenters. The molecule has 1 aliphatic rings. The Morgan fingerprint density at radius 3 is 2.94 bits per heavy atom. The highest BCUT2D eigenvalue weighted by molar-refractivity contribution is 9.10. The fraction of sp³-hybridized carbons (Fsp3) is 0.214. The molecule has 1 aliphatic heterocycles. The summed E-state index contributed by atoms with van der Waals surface area (Å²) in [6, 6.07) is 7.87. The molecule has 1 aromatic heterocycles. The van der Waals surface area contributed by atoms with Crippen LogP contribution in [-0.4, -0.2) is 11.5 Å². The van der Waals surface area contributed by atoms with Gasteiger partial charge < -0.3 is 10.1 Å². The Morgan fingerprint density at radius 2 is 2.17 bits per heavy atom. The molecule has 0 aliphatic carbocycles. The van der Waals surface area contributed by atoms with Gasteiger partial charge in [0.05, 0.1) is 6.20 Å². The van der Waals surface area contributed by atoms with Crippen LogP contribution in [0.4, 0.5) is 5.69 Å². The number of fused-ring (bicyclic) bond motifs is 1. The van der Waals surface area contributed by atoms with E-state index in [1.165, 1.54) is 16.8 Å². The van der Waals surface area contributed by atoms with Crippen molar-refractivity contribution in [3.8, 4) is 11.5 Å². The molecule has 0 spiro atoms. The molecule has 4 heteroatoms. The molecule has 3 rings (SSSR count). The van der Waals surface area contributed by atoms with Crippen LogP contribution in [0.3, 0.4) is 0 Å². The monoisotopic (exact) mass is 304 g/mol. The Kier molecular flexibility index (Phi) is 2.96. The summed E-state index contributed by atoms with van der Waals surface area (Å²) in [4.78, 5) is 4.16. The zero-order valence-electron chi connectivity index (χ0n) is 10.0. The van der Waals surface area contributed by atoms with Crippen molar-refractivity contribution in [1.82, 2.24) is 4.98 Å². The molecule has 1 aromatic carbocycles. The number of ether oxygens (including phenoxy) is 1. The van der Waals surface area contributed by atoms with Gasteiger partial charge >= 0.3 is 0 Å². The highest BCUT2D eigenvalue weighted by atomic mass is 79.9.